The van der Waals surface area contributed by atoms with Gasteiger partial charge in [0.25, 0.3) is 0 Å². The highest BCUT2D eigenvalue weighted by Crippen LogP contribution is 2.45. The minimum absolute atomic E-state index is 0.0628. The number of ether oxygens (including phenoxy) is 2. The zero-order chi connectivity index (χ0) is 29.1. The molecule has 2 unspecified atom stereocenters. The smallest absolute Gasteiger partial charge is 0.250 e. The molecule has 5 rings (SSSR count). The van der Waals surface area contributed by atoms with E-state index in [1.54, 1.807) is 13.3 Å². The Hall–Kier alpha value is -4.21. The molecular weight excluding hydrogens is 534 g/mol. The van der Waals surface area contributed by atoms with Crippen molar-refractivity contribution < 1.29 is 14.3 Å². The van der Waals surface area contributed by atoms with Crippen LogP contribution in [0.4, 0.5) is 11.4 Å². The molecule has 0 radical (unpaired) electrons. The predicted molar refractivity (Wildman–Crippen MR) is 166 cm³/mol. The number of methoxy groups -OCH3 is 2. The number of anilines is 2. The molecule has 2 aromatic heterocycles. The van der Waals surface area contributed by atoms with E-state index < -0.39 is 0 Å². The Kier molecular flexibility index (Phi) is 8.37. The van der Waals surface area contributed by atoms with Crippen LogP contribution in [0.5, 0.6) is 5.75 Å². The Morgan fingerprint density at radius 3 is 2.46 bits per heavy atom. The number of hydrogen-bond donors (Lipinski definition) is 2. The summed E-state index contributed by atoms with van der Waals surface area (Å²) in [7, 11) is 3.06. The van der Waals surface area contributed by atoms with Crippen molar-refractivity contribution in [3.05, 3.63) is 101 Å². The number of nitrogens with one attached hydrogen (secondary N) is 2. The normalized spacial score (nSPS) is 16.5. The van der Waals surface area contributed by atoms with Gasteiger partial charge in [-0.2, -0.15) is 0 Å². The maximum absolute atomic E-state index is 12.4. The molecule has 0 saturated carbocycles. The predicted octanol–water partition coefficient (Wildman–Crippen LogP) is 5.82. The first-order chi connectivity index (χ1) is 19.9. The number of nitrogens with zero attached hydrogens (tertiary/aromatic N) is 3. The molecule has 1 amide bonds. The van der Waals surface area contributed by atoms with Crippen molar-refractivity contribution in [1.29, 1.82) is 0 Å². The lowest BCUT2D eigenvalue weighted by Gasteiger charge is -2.29. The second-order valence-corrected chi connectivity index (χ2v) is 10.4. The molecule has 2 aromatic carbocycles. The van der Waals surface area contributed by atoms with Crippen LogP contribution < -0.4 is 20.3 Å². The van der Waals surface area contributed by atoms with Gasteiger partial charge in [0, 0.05) is 36.1 Å². The van der Waals surface area contributed by atoms with Crippen LogP contribution in [-0.2, 0) is 16.0 Å². The Labute approximate surface area is 246 Å². The molecule has 1 aliphatic heterocycles. The first-order valence-corrected chi connectivity index (χ1v) is 14.0. The third-order valence-electron chi connectivity index (χ3n) is 7.50. The lowest BCUT2D eigenvalue weighted by molar-refractivity contribution is -0.119. The number of aryl methyl sites for hydroxylation is 2. The average Bonchev–Trinajstić information content (AvgIpc) is 3.48. The molecule has 212 valence electrons. The lowest BCUT2D eigenvalue weighted by atomic mass is 9.96. The lowest BCUT2D eigenvalue weighted by Crippen LogP contribution is -2.29. The largest absolute Gasteiger partial charge is 0.495 e. The van der Waals surface area contributed by atoms with Crippen molar-refractivity contribution in [2.24, 2.45) is 0 Å². The SMILES string of the molecule is CCc1ccc(-n2c(C)cc(C3C(c4ccccn4)NC(=S)N3c3ccc(OC)c(NC(=O)COC)c3)c2C)cc1. The first-order valence-electron chi connectivity index (χ1n) is 13.6. The molecule has 0 spiro atoms. The van der Waals surface area contributed by atoms with Crippen molar-refractivity contribution >= 4 is 34.6 Å². The summed E-state index contributed by atoms with van der Waals surface area (Å²) < 4.78 is 12.8. The average molecular weight is 570 g/mol. The van der Waals surface area contributed by atoms with Crippen LogP contribution in [0, 0.1) is 13.8 Å². The topological polar surface area (TPSA) is 80.7 Å². The molecule has 2 atom stereocenters. The summed E-state index contributed by atoms with van der Waals surface area (Å²) in [4.78, 5) is 19.2. The van der Waals surface area contributed by atoms with Crippen molar-refractivity contribution in [2.45, 2.75) is 39.3 Å². The van der Waals surface area contributed by atoms with Crippen LogP contribution in [0.25, 0.3) is 5.69 Å². The van der Waals surface area contributed by atoms with Crippen LogP contribution in [0.15, 0.2) is 72.9 Å². The van der Waals surface area contributed by atoms with Gasteiger partial charge in [0.1, 0.15) is 12.4 Å². The number of carbonyl (C=O) groups excluding carboxylic acids is 1. The summed E-state index contributed by atoms with van der Waals surface area (Å²) in [6.45, 7) is 6.37. The van der Waals surface area contributed by atoms with E-state index in [2.05, 4.69) is 71.2 Å². The first kappa shape index (κ1) is 28.3. The van der Waals surface area contributed by atoms with E-state index in [-0.39, 0.29) is 24.6 Å². The molecule has 0 bridgehead atoms. The number of thiocarbonyl (C=S) groups is 1. The van der Waals surface area contributed by atoms with Gasteiger partial charge in [-0.05, 0) is 92.1 Å². The Balaban J connectivity index is 1.63. The number of amides is 1. The highest BCUT2D eigenvalue weighted by Gasteiger charge is 2.42. The highest BCUT2D eigenvalue weighted by atomic mass is 32.1. The van der Waals surface area contributed by atoms with Gasteiger partial charge in [-0.15, -0.1) is 0 Å². The summed E-state index contributed by atoms with van der Waals surface area (Å²) in [5.74, 6) is 0.272. The monoisotopic (exact) mass is 569 g/mol. The minimum atomic E-state index is -0.273. The summed E-state index contributed by atoms with van der Waals surface area (Å²) in [6, 6.07) is 22.1. The van der Waals surface area contributed by atoms with Crippen LogP contribution in [0.3, 0.4) is 0 Å². The molecule has 1 saturated heterocycles. The number of benzene rings is 2. The van der Waals surface area contributed by atoms with E-state index in [1.807, 2.05) is 36.4 Å². The molecule has 41 heavy (non-hydrogen) atoms. The van der Waals surface area contributed by atoms with Gasteiger partial charge in [0.15, 0.2) is 5.11 Å². The molecule has 2 N–H and O–H groups in total. The van der Waals surface area contributed by atoms with Crippen LogP contribution in [0.2, 0.25) is 0 Å². The van der Waals surface area contributed by atoms with Gasteiger partial charge < -0.3 is 29.6 Å². The van der Waals surface area contributed by atoms with Gasteiger partial charge >= 0.3 is 0 Å². The quantitative estimate of drug-likeness (QED) is 0.246. The summed E-state index contributed by atoms with van der Waals surface area (Å²) >= 11 is 5.96. The standard InChI is InChI=1S/C32H35N5O3S/c1-6-22-10-12-23(13-11-22)36-20(2)17-25(21(36)3)31-30(26-9-7-8-16-33-26)35-32(41)37(31)24-14-15-28(40-5)27(18-24)34-29(38)19-39-4/h7-18,30-31H,6,19H2,1-5H3,(H,34,38)(H,35,41). The van der Waals surface area contributed by atoms with Crippen LogP contribution in [-0.4, -0.2) is 41.4 Å². The molecule has 9 heteroatoms. The van der Waals surface area contributed by atoms with Crippen LogP contribution in [0.1, 0.15) is 47.2 Å². The van der Waals surface area contributed by atoms with Gasteiger partial charge in [-0.1, -0.05) is 25.1 Å². The number of hydrogen-bond acceptors (Lipinski definition) is 5. The fourth-order valence-electron chi connectivity index (χ4n) is 5.57. The number of rotatable bonds is 9. The van der Waals surface area contributed by atoms with Crippen LogP contribution >= 0.6 is 12.2 Å². The van der Waals surface area contributed by atoms with Gasteiger partial charge in [0.2, 0.25) is 5.91 Å². The van der Waals surface area contributed by atoms with E-state index in [0.29, 0.717) is 16.5 Å². The Bertz CT molecular complexity index is 1550. The van der Waals surface area contributed by atoms with E-state index >= 15 is 0 Å². The summed E-state index contributed by atoms with van der Waals surface area (Å²) in [5, 5.41) is 7.00. The van der Waals surface area contributed by atoms with Crippen molar-refractivity contribution in [3.8, 4) is 11.4 Å². The molecule has 1 aliphatic rings. The molecule has 8 nitrogen and oxygen atoms in total. The number of pyridine rings is 1. The molecule has 4 aromatic rings. The molecule has 0 aliphatic carbocycles. The Morgan fingerprint density at radius 1 is 1.05 bits per heavy atom. The molecule has 1 fully saturated rings. The van der Waals surface area contributed by atoms with Crippen molar-refractivity contribution in [3.63, 3.8) is 0 Å². The molecule has 3 heterocycles. The van der Waals surface area contributed by atoms with E-state index in [4.69, 9.17) is 26.7 Å². The molecular formula is C32H35N5O3S. The summed E-state index contributed by atoms with van der Waals surface area (Å²) in [6.07, 6.45) is 2.80. The van der Waals surface area contributed by atoms with E-state index in [1.165, 1.54) is 12.7 Å². The number of carbonyl (C=O) groups is 1. The van der Waals surface area contributed by atoms with Crippen molar-refractivity contribution in [1.82, 2.24) is 14.9 Å². The third kappa shape index (κ3) is 5.55. The van der Waals surface area contributed by atoms with Gasteiger partial charge in [-0.25, -0.2) is 0 Å². The fraction of sp³-hybridized carbons (Fsp3) is 0.281. The number of aromatic nitrogens is 2. The fourth-order valence-corrected chi connectivity index (χ4v) is 5.92. The van der Waals surface area contributed by atoms with E-state index in [0.717, 1.165) is 40.4 Å². The maximum atomic E-state index is 12.4. The highest BCUT2D eigenvalue weighted by molar-refractivity contribution is 7.80. The second-order valence-electron chi connectivity index (χ2n) is 10.0. The summed E-state index contributed by atoms with van der Waals surface area (Å²) in [5.41, 5.74) is 8.04. The second kappa shape index (κ2) is 12.1. The van der Waals surface area contributed by atoms with E-state index in [9.17, 15) is 4.79 Å². The maximum Gasteiger partial charge on any atom is 0.250 e. The Morgan fingerprint density at radius 2 is 1.80 bits per heavy atom. The zero-order valence-corrected chi connectivity index (χ0v) is 24.8. The van der Waals surface area contributed by atoms with Gasteiger partial charge in [-0.3, -0.25) is 9.78 Å². The zero-order valence-electron chi connectivity index (χ0n) is 24.0. The third-order valence-corrected chi connectivity index (χ3v) is 7.82. The van der Waals surface area contributed by atoms with Crippen molar-refractivity contribution in [2.75, 3.05) is 31.0 Å². The minimum Gasteiger partial charge on any atom is -0.495 e. The van der Waals surface area contributed by atoms with Gasteiger partial charge in [0.05, 0.1) is 30.6 Å².